The lowest BCUT2D eigenvalue weighted by Gasteiger charge is -2.12. The Balaban J connectivity index is 1.54. The molecule has 0 saturated carbocycles. The Morgan fingerprint density at radius 2 is 2.23 bits per heavy atom. The number of hydrogen-bond acceptors (Lipinski definition) is 5. The van der Waals surface area contributed by atoms with Crippen molar-refractivity contribution in [3.63, 3.8) is 0 Å². The van der Waals surface area contributed by atoms with Gasteiger partial charge in [-0.3, -0.25) is 9.97 Å². The fourth-order valence-corrected chi connectivity index (χ4v) is 2.37. The Kier molecular flexibility index (Phi) is 4.65. The minimum absolute atomic E-state index is 0.128. The zero-order valence-electron chi connectivity index (χ0n) is 12.1. The van der Waals surface area contributed by atoms with Gasteiger partial charge in [0, 0.05) is 31.1 Å². The maximum Gasteiger partial charge on any atom is 0.315 e. The topological polar surface area (TPSA) is 89.3 Å². The van der Waals surface area contributed by atoms with Crippen LogP contribution >= 0.6 is 0 Å². The van der Waals surface area contributed by atoms with E-state index in [1.807, 2.05) is 6.07 Å². The van der Waals surface area contributed by atoms with Gasteiger partial charge in [0.05, 0.1) is 36.6 Å². The van der Waals surface area contributed by atoms with E-state index in [1.165, 1.54) is 0 Å². The molecule has 0 radical (unpaired) electrons. The molecule has 1 aliphatic rings. The molecule has 0 aromatic carbocycles. The molecule has 2 amide bonds. The SMILES string of the molecule is O=C(NCc1nccnc1-c1ccoc1)NCC1CCCO1. The zero-order valence-corrected chi connectivity index (χ0v) is 12.1. The first-order valence-electron chi connectivity index (χ1n) is 7.28. The van der Waals surface area contributed by atoms with E-state index in [9.17, 15) is 4.79 Å². The summed E-state index contributed by atoms with van der Waals surface area (Å²) in [5.41, 5.74) is 2.23. The Morgan fingerprint density at radius 3 is 3.00 bits per heavy atom. The summed E-state index contributed by atoms with van der Waals surface area (Å²) < 4.78 is 10.5. The van der Waals surface area contributed by atoms with Crippen LogP contribution in [0.15, 0.2) is 35.4 Å². The standard InChI is InChI=1S/C15H18N4O3/c20-15(18-8-12-2-1-6-22-12)19-9-13-14(17-5-4-16-13)11-3-7-21-10-11/h3-5,7,10,12H,1-2,6,8-9H2,(H2,18,19,20). The molecule has 2 aromatic heterocycles. The molecule has 0 bridgehead atoms. The summed E-state index contributed by atoms with van der Waals surface area (Å²) in [6.45, 7) is 1.61. The second kappa shape index (κ2) is 7.04. The summed E-state index contributed by atoms with van der Waals surface area (Å²) in [7, 11) is 0. The predicted octanol–water partition coefficient (Wildman–Crippen LogP) is 1.71. The molecule has 2 N–H and O–H groups in total. The molecule has 3 rings (SSSR count). The van der Waals surface area contributed by atoms with E-state index in [-0.39, 0.29) is 12.1 Å². The van der Waals surface area contributed by atoms with Gasteiger partial charge < -0.3 is 19.8 Å². The summed E-state index contributed by atoms with van der Waals surface area (Å²) in [6, 6.07) is 1.57. The molecule has 1 atom stereocenters. The first kappa shape index (κ1) is 14.5. The van der Waals surface area contributed by atoms with Crippen LogP contribution in [-0.2, 0) is 11.3 Å². The third kappa shape index (κ3) is 3.62. The summed E-state index contributed by atoms with van der Waals surface area (Å²) in [5, 5.41) is 5.59. The molecule has 0 aliphatic carbocycles. The highest BCUT2D eigenvalue weighted by atomic mass is 16.5. The van der Waals surface area contributed by atoms with Gasteiger partial charge in [-0.05, 0) is 18.9 Å². The molecule has 1 saturated heterocycles. The van der Waals surface area contributed by atoms with Crippen molar-refractivity contribution in [2.45, 2.75) is 25.5 Å². The van der Waals surface area contributed by atoms with E-state index in [0.29, 0.717) is 24.5 Å². The summed E-state index contributed by atoms with van der Waals surface area (Å²) >= 11 is 0. The largest absolute Gasteiger partial charge is 0.472 e. The minimum atomic E-state index is -0.237. The molecule has 0 spiro atoms. The van der Waals surface area contributed by atoms with Crippen molar-refractivity contribution >= 4 is 6.03 Å². The fourth-order valence-electron chi connectivity index (χ4n) is 2.37. The van der Waals surface area contributed by atoms with Gasteiger partial charge in [-0.25, -0.2) is 4.79 Å². The van der Waals surface area contributed by atoms with Crippen LogP contribution in [-0.4, -0.2) is 35.3 Å². The zero-order chi connectivity index (χ0) is 15.2. The Morgan fingerprint density at radius 1 is 1.32 bits per heavy atom. The number of amides is 2. The quantitative estimate of drug-likeness (QED) is 0.877. The number of ether oxygens (including phenoxy) is 1. The lowest BCUT2D eigenvalue weighted by molar-refractivity contribution is 0.111. The molecule has 2 aromatic rings. The van der Waals surface area contributed by atoms with E-state index in [4.69, 9.17) is 9.15 Å². The van der Waals surface area contributed by atoms with Gasteiger partial charge in [0.25, 0.3) is 0 Å². The molecule has 22 heavy (non-hydrogen) atoms. The average Bonchev–Trinajstić information content (AvgIpc) is 3.24. The third-order valence-electron chi connectivity index (χ3n) is 3.50. The van der Waals surface area contributed by atoms with Gasteiger partial charge >= 0.3 is 6.03 Å². The molecule has 7 nitrogen and oxygen atoms in total. The van der Waals surface area contributed by atoms with Crippen LogP contribution < -0.4 is 10.6 Å². The summed E-state index contributed by atoms with van der Waals surface area (Å²) in [5.74, 6) is 0. The van der Waals surface area contributed by atoms with Crippen LogP contribution in [0.1, 0.15) is 18.5 Å². The van der Waals surface area contributed by atoms with E-state index in [1.54, 1.807) is 24.9 Å². The van der Waals surface area contributed by atoms with Crippen LogP contribution in [0.5, 0.6) is 0 Å². The molecular formula is C15H18N4O3. The van der Waals surface area contributed by atoms with Gasteiger partial charge in [-0.2, -0.15) is 0 Å². The number of aromatic nitrogens is 2. The van der Waals surface area contributed by atoms with Crippen LogP contribution in [0.3, 0.4) is 0 Å². The second-order valence-corrected chi connectivity index (χ2v) is 5.06. The first-order chi connectivity index (χ1) is 10.8. The van der Waals surface area contributed by atoms with E-state index < -0.39 is 0 Å². The Bertz CT molecular complexity index is 609. The highest BCUT2D eigenvalue weighted by Crippen LogP contribution is 2.19. The molecule has 7 heteroatoms. The summed E-state index contributed by atoms with van der Waals surface area (Å²) in [6.07, 6.45) is 8.58. The minimum Gasteiger partial charge on any atom is -0.472 e. The number of nitrogens with zero attached hydrogens (tertiary/aromatic N) is 2. The van der Waals surface area contributed by atoms with Gasteiger partial charge in [0.1, 0.15) is 0 Å². The third-order valence-corrected chi connectivity index (χ3v) is 3.50. The molecule has 3 heterocycles. The number of carbonyl (C=O) groups is 1. The van der Waals surface area contributed by atoms with Crippen molar-refractivity contribution in [2.24, 2.45) is 0 Å². The highest BCUT2D eigenvalue weighted by Gasteiger charge is 2.16. The molecule has 116 valence electrons. The van der Waals surface area contributed by atoms with Gasteiger partial charge in [-0.1, -0.05) is 0 Å². The van der Waals surface area contributed by atoms with Gasteiger partial charge in [-0.15, -0.1) is 0 Å². The van der Waals surface area contributed by atoms with E-state index >= 15 is 0 Å². The monoisotopic (exact) mass is 302 g/mol. The molecule has 1 fully saturated rings. The predicted molar refractivity (Wildman–Crippen MR) is 78.9 cm³/mol. The highest BCUT2D eigenvalue weighted by molar-refractivity contribution is 5.74. The van der Waals surface area contributed by atoms with E-state index in [0.717, 1.165) is 25.0 Å². The molecular weight excluding hydrogens is 284 g/mol. The van der Waals surface area contributed by atoms with Gasteiger partial charge in [0.15, 0.2) is 0 Å². The fraction of sp³-hybridized carbons (Fsp3) is 0.400. The van der Waals surface area contributed by atoms with Crippen molar-refractivity contribution in [2.75, 3.05) is 13.2 Å². The van der Waals surface area contributed by atoms with Crippen molar-refractivity contribution in [3.05, 3.63) is 36.7 Å². The van der Waals surface area contributed by atoms with Crippen molar-refractivity contribution < 1.29 is 13.9 Å². The van der Waals surface area contributed by atoms with Crippen LogP contribution in [0, 0.1) is 0 Å². The maximum atomic E-state index is 11.8. The lowest BCUT2D eigenvalue weighted by atomic mass is 10.2. The number of hydrogen-bond donors (Lipinski definition) is 2. The van der Waals surface area contributed by atoms with Crippen molar-refractivity contribution in [1.29, 1.82) is 0 Å². The van der Waals surface area contributed by atoms with Crippen molar-refractivity contribution in [1.82, 2.24) is 20.6 Å². The van der Waals surface area contributed by atoms with Crippen LogP contribution in [0.4, 0.5) is 4.79 Å². The molecule has 1 unspecified atom stereocenters. The van der Waals surface area contributed by atoms with Crippen molar-refractivity contribution in [3.8, 4) is 11.3 Å². The number of carbonyl (C=O) groups excluding carboxylic acids is 1. The summed E-state index contributed by atoms with van der Waals surface area (Å²) in [4.78, 5) is 20.4. The number of nitrogens with one attached hydrogen (secondary N) is 2. The second-order valence-electron chi connectivity index (χ2n) is 5.06. The first-order valence-corrected chi connectivity index (χ1v) is 7.28. The lowest BCUT2D eigenvalue weighted by Crippen LogP contribution is -2.39. The maximum absolute atomic E-state index is 11.8. The normalized spacial score (nSPS) is 17.4. The van der Waals surface area contributed by atoms with Crippen LogP contribution in [0.25, 0.3) is 11.3 Å². The van der Waals surface area contributed by atoms with E-state index in [2.05, 4.69) is 20.6 Å². The average molecular weight is 302 g/mol. The smallest absolute Gasteiger partial charge is 0.315 e. The van der Waals surface area contributed by atoms with Gasteiger partial charge in [0.2, 0.25) is 0 Å². The number of rotatable bonds is 5. The van der Waals surface area contributed by atoms with Crippen LogP contribution in [0.2, 0.25) is 0 Å². The Labute approximate surface area is 128 Å². The number of urea groups is 1. The number of furan rings is 1. The molecule has 1 aliphatic heterocycles. The Hall–Kier alpha value is -2.41.